The summed E-state index contributed by atoms with van der Waals surface area (Å²) >= 11 is 1.78. The first kappa shape index (κ1) is 15.1. The number of alkyl halides is 3. The number of halogens is 4. The Labute approximate surface area is 136 Å². The number of hydrogen-bond donors (Lipinski definition) is 1. The summed E-state index contributed by atoms with van der Waals surface area (Å²) in [6.45, 7) is 1.60. The van der Waals surface area contributed by atoms with Crippen LogP contribution in [-0.2, 0) is 6.18 Å². The number of aromatic nitrogens is 3. The van der Waals surface area contributed by atoms with Gasteiger partial charge in [-0.05, 0) is 35.1 Å². The first-order chi connectivity index (χ1) is 10.3. The van der Waals surface area contributed by atoms with E-state index in [0.717, 1.165) is 4.52 Å². The molecule has 3 rings (SSSR count). The smallest absolute Gasteiger partial charge is 0.284 e. The Hall–Kier alpha value is -1.84. The monoisotopic (exact) mass is 419 g/mol. The number of benzene rings is 1. The third-order valence-electron chi connectivity index (χ3n) is 3.24. The van der Waals surface area contributed by atoms with Crippen molar-refractivity contribution in [1.29, 1.82) is 0 Å². The van der Waals surface area contributed by atoms with Crippen LogP contribution in [0.4, 0.5) is 13.2 Å². The number of aryl methyl sites for hydroxylation is 1. The highest BCUT2D eigenvalue weighted by atomic mass is 127. The number of rotatable bonds is 1. The van der Waals surface area contributed by atoms with Gasteiger partial charge in [-0.25, -0.2) is 4.98 Å². The van der Waals surface area contributed by atoms with Crippen LogP contribution in [-0.4, -0.2) is 14.6 Å². The molecule has 2 heterocycles. The zero-order valence-electron chi connectivity index (χ0n) is 11.2. The summed E-state index contributed by atoms with van der Waals surface area (Å²) in [5.41, 5.74) is -0.928. The lowest BCUT2D eigenvalue weighted by Crippen LogP contribution is -2.20. The molecule has 1 aromatic carbocycles. The molecule has 1 N–H and O–H groups in total. The molecule has 0 fully saturated rings. The number of hydrogen-bond acceptors (Lipinski definition) is 2. The number of fused-ring (bicyclic) bond motifs is 1. The van der Waals surface area contributed by atoms with Crippen LogP contribution in [0.25, 0.3) is 16.8 Å². The van der Waals surface area contributed by atoms with E-state index in [9.17, 15) is 18.0 Å². The lowest BCUT2D eigenvalue weighted by atomic mass is 10.1. The van der Waals surface area contributed by atoms with Gasteiger partial charge in [-0.15, -0.1) is 0 Å². The molecule has 0 saturated carbocycles. The van der Waals surface area contributed by atoms with Crippen LogP contribution in [0.2, 0.25) is 0 Å². The molecular formula is C14H9F3IN3O. The maximum atomic E-state index is 13.3. The standard InChI is InChI=1S/C14H9F3IN3O/c1-7-10(18)13(22)21-12(19-7)9(8-5-3-2-4-6-8)11(20-21)14(15,16)17/h2-6,20H,1H3. The van der Waals surface area contributed by atoms with E-state index in [1.54, 1.807) is 59.8 Å². The molecule has 0 aliphatic heterocycles. The van der Waals surface area contributed by atoms with Gasteiger partial charge < -0.3 is 0 Å². The van der Waals surface area contributed by atoms with Gasteiger partial charge >= 0.3 is 6.18 Å². The fraction of sp³-hybridized carbons (Fsp3) is 0.143. The van der Waals surface area contributed by atoms with Crippen molar-refractivity contribution in [2.45, 2.75) is 13.1 Å². The van der Waals surface area contributed by atoms with E-state index in [-0.39, 0.29) is 14.8 Å². The van der Waals surface area contributed by atoms with Gasteiger partial charge in [0.05, 0.1) is 11.3 Å². The van der Waals surface area contributed by atoms with Crippen LogP contribution >= 0.6 is 22.6 Å². The summed E-state index contributed by atoms with van der Waals surface area (Å²) in [5.74, 6) is 0. The predicted octanol–water partition coefficient (Wildman–Crippen LogP) is 3.62. The zero-order chi connectivity index (χ0) is 16.1. The summed E-state index contributed by atoms with van der Waals surface area (Å²) in [6.07, 6.45) is -4.62. The molecule has 0 aliphatic carbocycles. The second-order valence-corrected chi connectivity index (χ2v) is 5.78. The van der Waals surface area contributed by atoms with Crippen molar-refractivity contribution < 1.29 is 13.2 Å². The number of H-pyrrole nitrogens is 1. The molecule has 0 radical (unpaired) electrons. The zero-order valence-corrected chi connectivity index (χ0v) is 13.4. The molecule has 22 heavy (non-hydrogen) atoms. The Balaban J connectivity index is 2.50. The SMILES string of the molecule is Cc1nc2c(-c3ccccc3)c(C(F)(F)F)[nH]n2c(=O)c1I. The Morgan fingerprint density at radius 3 is 2.45 bits per heavy atom. The van der Waals surface area contributed by atoms with Crippen LogP contribution in [0.5, 0.6) is 0 Å². The minimum atomic E-state index is -4.62. The molecule has 8 heteroatoms. The molecule has 0 bridgehead atoms. The molecule has 2 aromatic heterocycles. The van der Waals surface area contributed by atoms with E-state index in [0.29, 0.717) is 11.3 Å². The van der Waals surface area contributed by atoms with Gasteiger partial charge in [0.15, 0.2) is 5.65 Å². The summed E-state index contributed by atoms with van der Waals surface area (Å²) in [5, 5.41) is 2.15. The van der Waals surface area contributed by atoms with Crippen molar-refractivity contribution in [2.24, 2.45) is 0 Å². The molecule has 114 valence electrons. The van der Waals surface area contributed by atoms with Gasteiger partial charge in [-0.1, -0.05) is 30.3 Å². The first-order valence-electron chi connectivity index (χ1n) is 6.24. The maximum Gasteiger partial charge on any atom is 0.433 e. The van der Waals surface area contributed by atoms with E-state index in [1.807, 2.05) is 0 Å². The molecule has 3 aromatic rings. The van der Waals surface area contributed by atoms with E-state index in [2.05, 4.69) is 10.1 Å². The molecule has 0 spiro atoms. The van der Waals surface area contributed by atoms with Crippen molar-refractivity contribution >= 4 is 28.2 Å². The minimum absolute atomic E-state index is 0.0264. The quantitative estimate of drug-likeness (QED) is 0.613. The minimum Gasteiger partial charge on any atom is -0.284 e. The number of nitrogens with zero attached hydrogens (tertiary/aromatic N) is 2. The van der Waals surface area contributed by atoms with Crippen LogP contribution in [0.3, 0.4) is 0 Å². The molecule has 4 nitrogen and oxygen atoms in total. The van der Waals surface area contributed by atoms with Crippen molar-refractivity contribution in [3.8, 4) is 11.1 Å². The molecular weight excluding hydrogens is 410 g/mol. The first-order valence-corrected chi connectivity index (χ1v) is 7.32. The molecule has 0 atom stereocenters. The van der Waals surface area contributed by atoms with Crippen LogP contribution < -0.4 is 5.56 Å². The van der Waals surface area contributed by atoms with Gasteiger partial charge in [0.25, 0.3) is 5.56 Å². The predicted molar refractivity (Wildman–Crippen MR) is 83.7 cm³/mol. The Kier molecular flexibility index (Phi) is 3.50. The lowest BCUT2D eigenvalue weighted by molar-refractivity contribution is -0.140. The van der Waals surface area contributed by atoms with Gasteiger partial charge in [0.1, 0.15) is 9.26 Å². The Morgan fingerprint density at radius 2 is 1.86 bits per heavy atom. The number of nitrogens with one attached hydrogen (secondary N) is 1. The van der Waals surface area contributed by atoms with E-state index >= 15 is 0 Å². The van der Waals surface area contributed by atoms with Crippen molar-refractivity contribution in [3.05, 3.63) is 55.6 Å². The van der Waals surface area contributed by atoms with Gasteiger partial charge in [-0.3, -0.25) is 9.89 Å². The van der Waals surface area contributed by atoms with Crippen LogP contribution in [0.15, 0.2) is 35.1 Å². The highest BCUT2D eigenvalue weighted by molar-refractivity contribution is 14.1. The average molecular weight is 419 g/mol. The lowest BCUT2D eigenvalue weighted by Gasteiger charge is -2.07. The van der Waals surface area contributed by atoms with E-state index in [4.69, 9.17) is 0 Å². The Morgan fingerprint density at radius 1 is 1.23 bits per heavy atom. The van der Waals surface area contributed by atoms with Gasteiger partial charge in [0, 0.05) is 0 Å². The second kappa shape index (κ2) is 5.11. The van der Waals surface area contributed by atoms with Crippen molar-refractivity contribution in [2.75, 3.05) is 0 Å². The molecule has 0 amide bonds. The van der Waals surface area contributed by atoms with Crippen LogP contribution in [0.1, 0.15) is 11.4 Å². The van der Waals surface area contributed by atoms with Crippen molar-refractivity contribution in [1.82, 2.24) is 14.6 Å². The maximum absolute atomic E-state index is 13.3. The third-order valence-corrected chi connectivity index (χ3v) is 4.48. The van der Waals surface area contributed by atoms with E-state index < -0.39 is 17.4 Å². The third kappa shape index (κ3) is 2.31. The largest absolute Gasteiger partial charge is 0.433 e. The topological polar surface area (TPSA) is 50.2 Å². The second-order valence-electron chi connectivity index (χ2n) is 4.70. The molecule has 0 saturated heterocycles. The number of aromatic amines is 1. The normalized spacial score (nSPS) is 12.0. The van der Waals surface area contributed by atoms with Gasteiger partial charge in [-0.2, -0.15) is 17.7 Å². The highest BCUT2D eigenvalue weighted by Gasteiger charge is 2.38. The summed E-state index contributed by atoms with van der Waals surface area (Å²) in [7, 11) is 0. The fourth-order valence-corrected chi connectivity index (χ4v) is 2.60. The molecule has 0 unspecified atom stereocenters. The molecule has 0 aliphatic rings. The van der Waals surface area contributed by atoms with E-state index in [1.165, 1.54) is 0 Å². The summed E-state index contributed by atoms with van der Waals surface area (Å²) in [4.78, 5) is 16.4. The fourth-order valence-electron chi connectivity index (χ4n) is 2.24. The highest BCUT2D eigenvalue weighted by Crippen LogP contribution is 2.38. The Bertz CT molecular complexity index is 913. The summed E-state index contributed by atoms with van der Waals surface area (Å²) < 4.78 is 41.1. The van der Waals surface area contributed by atoms with Crippen molar-refractivity contribution in [3.63, 3.8) is 0 Å². The summed E-state index contributed by atoms with van der Waals surface area (Å²) in [6, 6.07) is 8.09. The van der Waals surface area contributed by atoms with Gasteiger partial charge in [0.2, 0.25) is 0 Å². The van der Waals surface area contributed by atoms with Crippen LogP contribution in [0, 0.1) is 10.5 Å². The average Bonchev–Trinajstić information content (AvgIpc) is 2.85.